The lowest BCUT2D eigenvalue weighted by Crippen LogP contribution is -2.16. The van der Waals surface area contributed by atoms with Gasteiger partial charge in [-0.2, -0.15) is 0 Å². The molecular formula is C5H10N2O2S2. The number of amides is 1. The number of thioether (sulfide) groups is 2. The van der Waals surface area contributed by atoms with Crippen LogP contribution in [0.5, 0.6) is 0 Å². The molecule has 0 atom stereocenters. The Morgan fingerprint density at radius 1 is 1.45 bits per heavy atom. The van der Waals surface area contributed by atoms with Gasteiger partial charge in [-0.3, -0.25) is 4.84 Å². The summed E-state index contributed by atoms with van der Waals surface area (Å²) >= 11 is 2.86. The number of hydrogen-bond donors (Lipinski definition) is 1. The van der Waals surface area contributed by atoms with Gasteiger partial charge in [-0.1, -0.05) is 28.7 Å². The molecule has 64 valence electrons. The first-order chi connectivity index (χ1) is 5.24. The molecule has 0 aromatic carbocycles. The van der Waals surface area contributed by atoms with Crippen LogP contribution in [0.1, 0.15) is 0 Å². The van der Waals surface area contributed by atoms with Crippen molar-refractivity contribution in [3.63, 3.8) is 0 Å². The van der Waals surface area contributed by atoms with Crippen LogP contribution in [0.25, 0.3) is 0 Å². The first-order valence-electron chi connectivity index (χ1n) is 2.79. The second-order valence-corrected chi connectivity index (χ2v) is 3.24. The topological polar surface area (TPSA) is 50.7 Å². The van der Waals surface area contributed by atoms with Crippen LogP contribution in [0.4, 0.5) is 4.79 Å². The van der Waals surface area contributed by atoms with Crippen LogP contribution in [-0.2, 0) is 4.84 Å². The molecular weight excluding hydrogens is 184 g/mol. The summed E-state index contributed by atoms with van der Waals surface area (Å²) in [4.78, 5) is 14.9. The molecule has 0 saturated carbocycles. The lowest BCUT2D eigenvalue weighted by atomic mass is 11.1. The number of nitrogens with zero attached hydrogens (tertiary/aromatic N) is 1. The fourth-order valence-corrected chi connectivity index (χ4v) is 1.17. The minimum absolute atomic E-state index is 0.550. The van der Waals surface area contributed by atoms with E-state index in [2.05, 4.69) is 15.3 Å². The van der Waals surface area contributed by atoms with E-state index in [0.29, 0.717) is 4.38 Å². The van der Waals surface area contributed by atoms with Gasteiger partial charge in [0.05, 0.1) is 0 Å². The average molecular weight is 194 g/mol. The molecule has 0 heterocycles. The molecule has 0 spiro atoms. The molecule has 1 amide bonds. The van der Waals surface area contributed by atoms with Gasteiger partial charge < -0.3 is 5.32 Å². The maximum atomic E-state index is 10.5. The Hall–Kier alpha value is -0.360. The van der Waals surface area contributed by atoms with Crippen molar-refractivity contribution in [2.75, 3.05) is 19.6 Å². The summed E-state index contributed by atoms with van der Waals surface area (Å²) in [6, 6.07) is 0. The first kappa shape index (κ1) is 10.6. The molecule has 11 heavy (non-hydrogen) atoms. The van der Waals surface area contributed by atoms with E-state index in [1.165, 1.54) is 30.6 Å². The normalized spacial score (nSPS) is 8.64. The smallest absolute Gasteiger partial charge is 0.323 e. The molecule has 0 fully saturated rings. The van der Waals surface area contributed by atoms with Gasteiger partial charge in [-0.25, -0.2) is 4.79 Å². The highest BCUT2D eigenvalue weighted by Gasteiger charge is 1.98. The van der Waals surface area contributed by atoms with E-state index in [1.807, 2.05) is 12.5 Å². The summed E-state index contributed by atoms with van der Waals surface area (Å²) in [6.07, 6.45) is 3.18. The number of rotatable bonds is 1. The molecule has 6 heteroatoms. The molecule has 0 radical (unpaired) electrons. The zero-order valence-electron chi connectivity index (χ0n) is 6.58. The largest absolute Gasteiger partial charge is 0.433 e. The van der Waals surface area contributed by atoms with E-state index in [9.17, 15) is 4.79 Å². The van der Waals surface area contributed by atoms with Crippen LogP contribution in [0.2, 0.25) is 0 Å². The van der Waals surface area contributed by atoms with Crippen LogP contribution >= 0.6 is 23.5 Å². The van der Waals surface area contributed by atoms with E-state index >= 15 is 0 Å². The molecule has 0 aromatic rings. The van der Waals surface area contributed by atoms with Gasteiger partial charge in [0.15, 0.2) is 4.38 Å². The third-order valence-corrected chi connectivity index (χ3v) is 2.60. The third kappa shape index (κ3) is 4.97. The predicted octanol–water partition coefficient (Wildman–Crippen LogP) is 1.34. The number of oxime groups is 1. The van der Waals surface area contributed by atoms with Crippen molar-refractivity contribution in [3.8, 4) is 0 Å². The van der Waals surface area contributed by atoms with Gasteiger partial charge in [0.1, 0.15) is 0 Å². The Balaban J connectivity index is 3.78. The minimum Gasteiger partial charge on any atom is -0.323 e. The first-order valence-corrected chi connectivity index (χ1v) is 5.24. The van der Waals surface area contributed by atoms with Crippen molar-refractivity contribution in [1.29, 1.82) is 0 Å². The molecule has 0 rings (SSSR count). The summed E-state index contributed by atoms with van der Waals surface area (Å²) < 4.78 is 0.716. The van der Waals surface area contributed by atoms with Crippen LogP contribution in [0.15, 0.2) is 5.16 Å². The summed E-state index contributed by atoms with van der Waals surface area (Å²) in [6.45, 7) is 0. The quantitative estimate of drug-likeness (QED) is 0.296. The van der Waals surface area contributed by atoms with Gasteiger partial charge in [-0.05, 0) is 12.5 Å². The highest BCUT2D eigenvalue weighted by Crippen LogP contribution is 2.10. The van der Waals surface area contributed by atoms with E-state index in [4.69, 9.17) is 0 Å². The molecule has 1 N–H and O–H groups in total. The highest BCUT2D eigenvalue weighted by atomic mass is 32.2. The number of nitrogens with one attached hydrogen (secondary N) is 1. The van der Waals surface area contributed by atoms with Crippen molar-refractivity contribution in [2.24, 2.45) is 5.16 Å². The van der Waals surface area contributed by atoms with E-state index < -0.39 is 6.09 Å². The van der Waals surface area contributed by atoms with Gasteiger partial charge in [-0.15, -0.1) is 0 Å². The standard InChI is InChI=1S/C5H10N2O2S2/c1-6-4(8)9-7-5(10-2)11-3/h1-3H3,(H,6,8). The lowest BCUT2D eigenvalue weighted by Gasteiger charge is -1.97. The predicted molar refractivity (Wildman–Crippen MR) is 50.0 cm³/mol. The van der Waals surface area contributed by atoms with Crippen LogP contribution in [0.3, 0.4) is 0 Å². The van der Waals surface area contributed by atoms with Crippen molar-refractivity contribution in [1.82, 2.24) is 5.32 Å². The molecule has 0 aliphatic carbocycles. The van der Waals surface area contributed by atoms with E-state index in [-0.39, 0.29) is 0 Å². The number of carbonyl (C=O) groups excluding carboxylic acids is 1. The van der Waals surface area contributed by atoms with Crippen molar-refractivity contribution < 1.29 is 9.63 Å². The van der Waals surface area contributed by atoms with Crippen LogP contribution in [-0.4, -0.2) is 30.0 Å². The van der Waals surface area contributed by atoms with Crippen molar-refractivity contribution >= 4 is 34.0 Å². The minimum atomic E-state index is -0.550. The Morgan fingerprint density at radius 2 is 2.00 bits per heavy atom. The highest BCUT2D eigenvalue weighted by molar-refractivity contribution is 8.38. The second-order valence-electron chi connectivity index (χ2n) is 1.39. The van der Waals surface area contributed by atoms with Crippen LogP contribution < -0.4 is 5.32 Å². The molecule has 0 aromatic heterocycles. The van der Waals surface area contributed by atoms with Gasteiger partial charge in [0.25, 0.3) is 0 Å². The van der Waals surface area contributed by atoms with Gasteiger partial charge in [0.2, 0.25) is 0 Å². The summed E-state index contributed by atoms with van der Waals surface area (Å²) in [5.74, 6) is 0. The molecule has 0 saturated heterocycles. The molecule has 4 nitrogen and oxygen atoms in total. The number of hydrogen-bond acceptors (Lipinski definition) is 5. The third-order valence-electron chi connectivity index (χ3n) is 0.756. The molecule has 0 bridgehead atoms. The number of carbonyl (C=O) groups is 1. The molecule has 0 unspecified atom stereocenters. The van der Waals surface area contributed by atoms with E-state index in [0.717, 1.165) is 0 Å². The molecule has 0 aliphatic heterocycles. The fraction of sp³-hybridized carbons (Fsp3) is 0.600. The lowest BCUT2D eigenvalue weighted by molar-refractivity contribution is 0.154. The Bertz CT molecular complexity index is 155. The SMILES string of the molecule is CNC(=O)ON=C(SC)SC. The average Bonchev–Trinajstić information content (AvgIpc) is 2.06. The maximum Gasteiger partial charge on any atom is 0.433 e. The Kier molecular flexibility index (Phi) is 6.15. The van der Waals surface area contributed by atoms with Gasteiger partial charge in [0, 0.05) is 7.05 Å². The zero-order valence-corrected chi connectivity index (χ0v) is 8.21. The maximum absolute atomic E-state index is 10.5. The van der Waals surface area contributed by atoms with Crippen LogP contribution in [0, 0.1) is 0 Å². The summed E-state index contributed by atoms with van der Waals surface area (Å²) in [5.41, 5.74) is 0. The zero-order chi connectivity index (χ0) is 8.69. The summed E-state index contributed by atoms with van der Waals surface area (Å²) in [7, 11) is 1.48. The Morgan fingerprint density at radius 3 is 2.36 bits per heavy atom. The Labute approximate surface area is 74.1 Å². The fourth-order valence-electron chi connectivity index (χ4n) is 0.282. The van der Waals surface area contributed by atoms with E-state index in [1.54, 1.807) is 0 Å². The molecule has 0 aliphatic rings. The van der Waals surface area contributed by atoms with Crippen molar-refractivity contribution in [3.05, 3.63) is 0 Å². The summed E-state index contributed by atoms with van der Waals surface area (Å²) in [5, 5.41) is 5.84. The monoisotopic (exact) mass is 194 g/mol. The van der Waals surface area contributed by atoms with Gasteiger partial charge >= 0.3 is 6.09 Å². The van der Waals surface area contributed by atoms with Crippen molar-refractivity contribution in [2.45, 2.75) is 0 Å². The second kappa shape index (κ2) is 6.36.